The van der Waals surface area contributed by atoms with Crippen LogP contribution < -0.4 is 0 Å². The normalized spacial score (nSPS) is 30.0. The molecule has 0 aromatic rings. The first-order valence-corrected chi connectivity index (χ1v) is 4.84. The monoisotopic (exact) mass is 156 g/mol. The number of rotatable bonds is 3. The Labute approximate surface area is 72.4 Å². The summed E-state index contributed by atoms with van der Waals surface area (Å²) in [4.78, 5) is 0. The molecule has 2 unspecified atom stereocenters. The van der Waals surface area contributed by atoms with Crippen LogP contribution >= 0.6 is 0 Å². The first-order chi connectivity index (χ1) is 4.84. The molecule has 0 nitrogen and oxygen atoms in total. The lowest BCUT2D eigenvalue weighted by atomic mass is 9.93. The maximum Gasteiger partial charge on any atom is -0.0388 e. The quantitative estimate of drug-likeness (QED) is 0.573. The molecule has 0 bridgehead atoms. The van der Waals surface area contributed by atoms with Crippen molar-refractivity contribution in [2.45, 2.75) is 59.8 Å². The Morgan fingerprint density at radius 3 is 2.45 bits per heavy atom. The molecule has 0 amide bonds. The van der Waals surface area contributed by atoms with E-state index in [1.165, 1.54) is 38.5 Å². The van der Waals surface area contributed by atoms with Gasteiger partial charge in [0.2, 0.25) is 0 Å². The lowest BCUT2D eigenvalue weighted by Crippen LogP contribution is -2.02. The van der Waals surface area contributed by atoms with Gasteiger partial charge in [-0.15, -0.1) is 0 Å². The largest absolute Gasteiger partial charge is 0.0776 e. The van der Waals surface area contributed by atoms with Crippen LogP contribution in [0.4, 0.5) is 0 Å². The van der Waals surface area contributed by atoms with E-state index in [9.17, 15) is 0 Å². The minimum Gasteiger partial charge on any atom is -0.0776 e. The Kier molecular flexibility index (Phi) is 5.62. The summed E-state index contributed by atoms with van der Waals surface area (Å²) < 4.78 is 0. The van der Waals surface area contributed by atoms with E-state index in [4.69, 9.17) is 0 Å². The van der Waals surface area contributed by atoms with Crippen molar-refractivity contribution in [3.05, 3.63) is 0 Å². The van der Waals surface area contributed by atoms with Crippen LogP contribution in [-0.2, 0) is 0 Å². The minimum absolute atomic E-state index is 0. The molecular weight excluding hydrogens is 132 g/mol. The summed E-state index contributed by atoms with van der Waals surface area (Å²) in [5, 5.41) is 0. The summed E-state index contributed by atoms with van der Waals surface area (Å²) in [6.07, 6.45) is 8.83. The van der Waals surface area contributed by atoms with Gasteiger partial charge in [0.05, 0.1) is 0 Å². The second-order valence-electron chi connectivity index (χ2n) is 3.81. The van der Waals surface area contributed by atoms with Crippen molar-refractivity contribution < 1.29 is 0 Å². The highest BCUT2D eigenvalue weighted by atomic mass is 14.3. The molecule has 1 aliphatic rings. The van der Waals surface area contributed by atoms with Crippen molar-refractivity contribution in [3.8, 4) is 0 Å². The van der Waals surface area contributed by atoms with Crippen molar-refractivity contribution in [2.24, 2.45) is 11.8 Å². The van der Waals surface area contributed by atoms with Crippen molar-refractivity contribution >= 4 is 0 Å². The highest BCUT2D eigenvalue weighted by molar-refractivity contribution is 4.73. The van der Waals surface area contributed by atoms with Crippen LogP contribution in [0.15, 0.2) is 0 Å². The molecule has 0 aromatic carbocycles. The van der Waals surface area contributed by atoms with Gasteiger partial charge in [0.25, 0.3) is 0 Å². The molecule has 0 heteroatoms. The van der Waals surface area contributed by atoms with E-state index in [-0.39, 0.29) is 7.43 Å². The third kappa shape index (κ3) is 3.27. The van der Waals surface area contributed by atoms with Crippen LogP contribution in [0.2, 0.25) is 0 Å². The van der Waals surface area contributed by atoms with Crippen LogP contribution in [-0.4, -0.2) is 0 Å². The molecule has 1 rings (SSSR count). The van der Waals surface area contributed by atoms with Gasteiger partial charge in [-0.25, -0.2) is 0 Å². The molecule has 0 heterocycles. The number of hydrogen-bond acceptors (Lipinski definition) is 0. The molecule has 68 valence electrons. The number of hydrogen-bond donors (Lipinski definition) is 0. The number of unbranched alkanes of at least 4 members (excludes halogenated alkanes) is 1. The fraction of sp³-hybridized carbons (Fsp3) is 1.00. The summed E-state index contributed by atoms with van der Waals surface area (Å²) in [6, 6.07) is 0. The first kappa shape index (κ1) is 11.0. The zero-order chi connectivity index (χ0) is 7.40. The molecule has 2 atom stereocenters. The third-order valence-corrected chi connectivity index (χ3v) is 2.97. The van der Waals surface area contributed by atoms with Crippen LogP contribution in [0.3, 0.4) is 0 Å². The SMILES string of the molecule is C.CCCCC1CCCC1C. The standard InChI is InChI=1S/C10H20.CH4/c1-3-4-7-10-8-5-6-9(10)2;/h9-10H,3-8H2,1-2H3;1H4. The lowest BCUT2D eigenvalue weighted by Gasteiger charge is -2.13. The minimum atomic E-state index is 0. The highest BCUT2D eigenvalue weighted by Crippen LogP contribution is 2.34. The fourth-order valence-corrected chi connectivity index (χ4v) is 2.12. The molecule has 0 spiro atoms. The van der Waals surface area contributed by atoms with Crippen molar-refractivity contribution in [3.63, 3.8) is 0 Å². The van der Waals surface area contributed by atoms with Crippen molar-refractivity contribution in [1.29, 1.82) is 0 Å². The topological polar surface area (TPSA) is 0 Å². The summed E-state index contributed by atoms with van der Waals surface area (Å²) in [6.45, 7) is 4.72. The molecule has 0 N–H and O–H groups in total. The van der Waals surface area contributed by atoms with Gasteiger partial charge in [-0.3, -0.25) is 0 Å². The van der Waals surface area contributed by atoms with Gasteiger partial charge in [-0.1, -0.05) is 59.8 Å². The summed E-state index contributed by atoms with van der Waals surface area (Å²) in [7, 11) is 0. The predicted octanol–water partition coefficient (Wildman–Crippen LogP) is 4.25. The molecular formula is C11H24. The van der Waals surface area contributed by atoms with Gasteiger partial charge < -0.3 is 0 Å². The van der Waals surface area contributed by atoms with Crippen LogP contribution in [0.1, 0.15) is 59.8 Å². The van der Waals surface area contributed by atoms with E-state index in [0.29, 0.717) is 0 Å². The van der Waals surface area contributed by atoms with Crippen molar-refractivity contribution in [2.75, 3.05) is 0 Å². The molecule has 1 saturated carbocycles. The van der Waals surface area contributed by atoms with E-state index in [2.05, 4.69) is 13.8 Å². The molecule has 0 saturated heterocycles. The van der Waals surface area contributed by atoms with E-state index < -0.39 is 0 Å². The van der Waals surface area contributed by atoms with E-state index in [1.54, 1.807) is 0 Å². The first-order valence-electron chi connectivity index (χ1n) is 4.84. The lowest BCUT2D eigenvalue weighted by molar-refractivity contribution is 0.380. The highest BCUT2D eigenvalue weighted by Gasteiger charge is 2.21. The average molecular weight is 156 g/mol. The van der Waals surface area contributed by atoms with Crippen LogP contribution in [0, 0.1) is 11.8 Å². The smallest absolute Gasteiger partial charge is 0.0388 e. The Hall–Kier alpha value is 0. The van der Waals surface area contributed by atoms with Gasteiger partial charge in [0.15, 0.2) is 0 Å². The molecule has 0 aliphatic heterocycles. The summed E-state index contributed by atoms with van der Waals surface area (Å²) in [5.74, 6) is 2.12. The maximum absolute atomic E-state index is 2.42. The Balaban J connectivity index is 0.000001000. The molecule has 0 radical (unpaired) electrons. The average Bonchev–Trinajstić information content (AvgIpc) is 2.31. The van der Waals surface area contributed by atoms with Crippen LogP contribution in [0.25, 0.3) is 0 Å². The fourth-order valence-electron chi connectivity index (χ4n) is 2.12. The Morgan fingerprint density at radius 1 is 1.27 bits per heavy atom. The summed E-state index contributed by atoms with van der Waals surface area (Å²) >= 11 is 0. The Morgan fingerprint density at radius 2 is 2.00 bits per heavy atom. The zero-order valence-corrected chi connectivity index (χ0v) is 7.40. The Bertz CT molecular complexity index is 86.0. The van der Waals surface area contributed by atoms with Crippen molar-refractivity contribution in [1.82, 2.24) is 0 Å². The molecule has 0 aromatic heterocycles. The second-order valence-corrected chi connectivity index (χ2v) is 3.81. The molecule has 11 heavy (non-hydrogen) atoms. The third-order valence-electron chi connectivity index (χ3n) is 2.97. The van der Waals surface area contributed by atoms with Gasteiger partial charge in [0.1, 0.15) is 0 Å². The second kappa shape index (κ2) is 5.62. The summed E-state index contributed by atoms with van der Waals surface area (Å²) in [5.41, 5.74) is 0. The van der Waals surface area contributed by atoms with Gasteiger partial charge in [-0.05, 0) is 11.8 Å². The van der Waals surface area contributed by atoms with E-state index in [1.807, 2.05) is 0 Å². The van der Waals surface area contributed by atoms with Gasteiger partial charge in [0, 0.05) is 0 Å². The van der Waals surface area contributed by atoms with Gasteiger partial charge >= 0.3 is 0 Å². The maximum atomic E-state index is 2.42. The molecule has 1 fully saturated rings. The van der Waals surface area contributed by atoms with Gasteiger partial charge in [-0.2, -0.15) is 0 Å². The predicted molar refractivity (Wildman–Crippen MR) is 52.8 cm³/mol. The molecule has 1 aliphatic carbocycles. The zero-order valence-electron chi connectivity index (χ0n) is 7.40. The van der Waals surface area contributed by atoms with E-state index in [0.717, 1.165) is 11.8 Å². The van der Waals surface area contributed by atoms with Crippen LogP contribution in [0.5, 0.6) is 0 Å². The van der Waals surface area contributed by atoms with E-state index >= 15 is 0 Å².